The van der Waals surface area contributed by atoms with E-state index in [2.05, 4.69) is 36.1 Å². The predicted molar refractivity (Wildman–Crippen MR) is 78.0 cm³/mol. The molecule has 3 rings (SSSR count). The van der Waals surface area contributed by atoms with Crippen molar-refractivity contribution in [1.29, 1.82) is 0 Å². The van der Waals surface area contributed by atoms with E-state index in [1.165, 1.54) is 30.7 Å². The van der Waals surface area contributed by atoms with E-state index in [0.29, 0.717) is 11.5 Å². The Kier molecular flexibility index (Phi) is 3.25. The molecule has 1 aromatic heterocycles. The van der Waals surface area contributed by atoms with Crippen LogP contribution >= 0.6 is 0 Å². The molecular weight excluding hydrogens is 234 g/mol. The highest BCUT2D eigenvalue weighted by atomic mass is 15.0. The van der Waals surface area contributed by atoms with Crippen molar-refractivity contribution in [1.82, 2.24) is 15.3 Å². The van der Waals surface area contributed by atoms with Gasteiger partial charge in [-0.15, -0.1) is 0 Å². The fourth-order valence-electron chi connectivity index (χ4n) is 3.80. The van der Waals surface area contributed by atoms with Gasteiger partial charge in [0.15, 0.2) is 0 Å². The van der Waals surface area contributed by atoms with Gasteiger partial charge in [0.2, 0.25) is 0 Å². The van der Waals surface area contributed by atoms with E-state index in [1.807, 2.05) is 6.33 Å². The number of H-pyrrole nitrogens is 1. The van der Waals surface area contributed by atoms with Crippen LogP contribution < -0.4 is 5.32 Å². The summed E-state index contributed by atoms with van der Waals surface area (Å²) in [6.45, 7) is 8.19. The lowest BCUT2D eigenvalue weighted by Gasteiger charge is -2.37. The second kappa shape index (κ2) is 4.78. The van der Waals surface area contributed by atoms with Crippen LogP contribution in [0.4, 0.5) is 0 Å². The van der Waals surface area contributed by atoms with Gasteiger partial charge in [-0.1, -0.05) is 25.0 Å². The number of nitrogens with one attached hydrogen (secondary N) is 2. The lowest BCUT2D eigenvalue weighted by molar-refractivity contribution is 0.335. The fraction of sp³-hybridized carbons (Fsp3) is 0.688. The molecular formula is C16H25N3. The summed E-state index contributed by atoms with van der Waals surface area (Å²) in [5.74, 6) is 0. The van der Waals surface area contributed by atoms with Crippen molar-refractivity contribution in [3.8, 4) is 0 Å². The van der Waals surface area contributed by atoms with Crippen LogP contribution in [0.25, 0.3) is 0 Å². The Morgan fingerprint density at radius 2 is 2.21 bits per heavy atom. The highest BCUT2D eigenvalue weighted by molar-refractivity contribution is 5.28. The molecule has 1 unspecified atom stereocenters. The molecule has 1 atom stereocenters. The van der Waals surface area contributed by atoms with Crippen LogP contribution in [0.15, 0.2) is 17.5 Å². The number of nitrogens with zero attached hydrogens (tertiary/aromatic N) is 1. The minimum Gasteiger partial charge on any atom is -0.348 e. The number of hydrogen-bond donors (Lipinski definition) is 2. The van der Waals surface area contributed by atoms with Crippen molar-refractivity contribution >= 4 is 0 Å². The maximum Gasteiger partial charge on any atom is 0.0925 e. The molecule has 0 aromatic carbocycles. The van der Waals surface area contributed by atoms with Crippen LogP contribution in [0.1, 0.15) is 63.9 Å². The normalized spacial score (nSPS) is 26.4. The van der Waals surface area contributed by atoms with Gasteiger partial charge in [-0.3, -0.25) is 0 Å². The van der Waals surface area contributed by atoms with Crippen molar-refractivity contribution in [2.75, 3.05) is 6.54 Å². The summed E-state index contributed by atoms with van der Waals surface area (Å²) in [5, 5.41) is 3.65. The Morgan fingerprint density at radius 3 is 3.00 bits per heavy atom. The molecule has 1 aliphatic heterocycles. The van der Waals surface area contributed by atoms with Crippen LogP contribution in [0.3, 0.4) is 0 Å². The molecule has 19 heavy (non-hydrogen) atoms. The van der Waals surface area contributed by atoms with Crippen LogP contribution in [-0.2, 0) is 6.42 Å². The smallest absolute Gasteiger partial charge is 0.0925 e. The van der Waals surface area contributed by atoms with Gasteiger partial charge in [0.05, 0.1) is 18.1 Å². The first-order valence-corrected chi connectivity index (χ1v) is 7.52. The predicted octanol–water partition coefficient (Wildman–Crippen LogP) is 3.51. The molecule has 2 N–H and O–H groups in total. The van der Waals surface area contributed by atoms with Gasteiger partial charge >= 0.3 is 0 Å². The van der Waals surface area contributed by atoms with E-state index in [4.69, 9.17) is 0 Å². The van der Waals surface area contributed by atoms with Gasteiger partial charge in [0.1, 0.15) is 0 Å². The summed E-state index contributed by atoms with van der Waals surface area (Å²) in [6.07, 6.45) is 7.98. The number of allylic oxidation sites excluding steroid dienone is 1. The highest BCUT2D eigenvalue weighted by Gasteiger charge is 2.32. The number of aromatic amines is 1. The SMILES string of the molecule is CC1=C(CC2NCCc3[nH]cnc32)C(C)(C)CCC1. The standard InChI is InChI=1S/C16H25N3/c1-11-5-4-7-16(2,3)12(11)9-14-15-13(6-8-17-14)18-10-19-15/h10,14,17H,4-9H2,1-3H3,(H,18,19). The summed E-state index contributed by atoms with van der Waals surface area (Å²) in [5.41, 5.74) is 6.20. The summed E-state index contributed by atoms with van der Waals surface area (Å²) in [6, 6.07) is 0.400. The van der Waals surface area contributed by atoms with Crippen LogP contribution in [0.2, 0.25) is 0 Å². The molecule has 1 aliphatic carbocycles. The van der Waals surface area contributed by atoms with Gasteiger partial charge in [-0.2, -0.15) is 0 Å². The Bertz CT molecular complexity index is 496. The molecule has 1 aromatic rings. The third-order valence-electron chi connectivity index (χ3n) is 4.94. The summed E-state index contributed by atoms with van der Waals surface area (Å²) >= 11 is 0. The highest BCUT2D eigenvalue weighted by Crippen LogP contribution is 2.44. The zero-order chi connectivity index (χ0) is 13.5. The van der Waals surface area contributed by atoms with Crippen LogP contribution in [-0.4, -0.2) is 16.5 Å². The topological polar surface area (TPSA) is 40.7 Å². The van der Waals surface area contributed by atoms with E-state index in [0.717, 1.165) is 19.4 Å². The quantitative estimate of drug-likeness (QED) is 0.798. The molecule has 104 valence electrons. The Labute approximate surface area is 115 Å². The van der Waals surface area contributed by atoms with Crippen molar-refractivity contribution in [3.05, 3.63) is 28.9 Å². The first kappa shape index (κ1) is 12.9. The zero-order valence-corrected chi connectivity index (χ0v) is 12.3. The number of fused-ring (bicyclic) bond motifs is 1. The average Bonchev–Trinajstić information content (AvgIpc) is 2.82. The van der Waals surface area contributed by atoms with Crippen molar-refractivity contribution in [2.45, 2.75) is 58.9 Å². The van der Waals surface area contributed by atoms with Crippen molar-refractivity contribution in [3.63, 3.8) is 0 Å². The minimum atomic E-state index is 0.359. The van der Waals surface area contributed by atoms with Crippen molar-refractivity contribution < 1.29 is 0 Å². The van der Waals surface area contributed by atoms with E-state index in [-0.39, 0.29) is 0 Å². The second-order valence-corrected chi connectivity index (χ2v) is 6.72. The zero-order valence-electron chi connectivity index (χ0n) is 12.3. The molecule has 0 saturated carbocycles. The fourth-order valence-corrected chi connectivity index (χ4v) is 3.80. The van der Waals surface area contributed by atoms with Gasteiger partial charge in [0.25, 0.3) is 0 Å². The molecule has 3 nitrogen and oxygen atoms in total. The second-order valence-electron chi connectivity index (χ2n) is 6.72. The van der Waals surface area contributed by atoms with Gasteiger partial charge in [-0.25, -0.2) is 4.98 Å². The van der Waals surface area contributed by atoms with E-state index in [9.17, 15) is 0 Å². The molecule has 2 heterocycles. The molecule has 2 aliphatic rings. The van der Waals surface area contributed by atoms with Gasteiger partial charge in [-0.05, 0) is 38.0 Å². The first-order valence-electron chi connectivity index (χ1n) is 7.52. The Hall–Kier alpha value is -1.09. The molecule has 0 radical (unpaired) electrons. The Morgan fingerprint density at radius 1 is 1.37 bits per heavy atom. The third-order valence-corrected chi connectivity index (χ3v) is 4.94. The summed E-state index contributed by atoms with van der Waals surface area (Å²) < 4.78 is 0. The number of aromatic nitrogens is 2. The third kappa shape index (κ3) is 2.36. The molecule has 0 saturated heterocycles. The van der Waals surface area contributed by atoms with E-state index >= 15 is 0 Å². The van der Waals surface area contributed by atoms with E-state index in [1.54, 1.807) is 11.1 Å². The van der Waals surface area contributed by atoms with Crippen molar-refractivity contribution in [2.24, 2.45) is 5.41 Å². The number of hydrogen-bond acceptors (Lipinski definition) is 2. The maximum atomic E-state index is 4.54. The largest absolute Gasteiger partial charge is 0.348 e. The van der Waals surface area contributed by atoms with E-state index < -0.39 is 0 Å². The lowest BCUT2D eigenvalue weighted by atomic mass is 9.70. The average molecular weight is 259 g/mol. The van der Waals surface area contributed by atoms with Gasteiger partial charge < -0.3 is 10.3 Å². The Balaban J connectivity index is 1.86. The summed E-state index contributed by atoms with van der Waals surface area (Å²) in [7, 11) is 0. The lowest BCUT2D eigenvalue weighted by Crippen LogP contribution is -2.32. The monoisotopic (exact) mass is 259 g/mol. The number of imidazole rings is 1. The molecule has 0 fully saturated rings. The van der Waals surface area contributed by atoms with Crippen LogP contribution in [0.5, 0.6) is 0 Å². The first-order chi connectivity index (χ1) is 9.08. The summed E-state index contributed by atoms with van der Waals surface area (Å²) in [4.78, 5) is 7.83. The number of rotatable bonds is 2. The molecule has 0 amide bonds. The molecule has 0 spiro atoms. The maximum absolute atomic E-state index is 4.54. The molecule has 0 bridgehead atoms. The van der Waals surface area contributed by atoms with Gasteiger partial charge in [0, 0.05) is 18.7 Å². The molecule has 3 heteroatoms. The van der Waals surface area contributed by atoms with Crippen LogP contribution in [0, 0.1) is 5.41 Å². The minimum absolute atomic E-state index is 0.359.